The molecule has 1 aliphatic heterocycles. The van der Waals surface area contributed by atoms with Crippen molar-refractivity contribution in [3.05, 3.63) is 0 Å². The number of hydrogen-bond donors (Lipinski definition) is 1. The Balaban J connectivity index is 2.72. The number of carbonyl (C=O) groups is 1. The molecule has 7 heteroatoms. The summed E-state index contributed by atoms with van der Waals surface area (Å²) in [6.07, 6.45) is 0.664. The van der Waals surface area contributed by atoms with Crippen LogP contribution < -0.4 is 0 Å². The Morgan fingerprint density at radius 3 is 2.35 bits per heavy atom. The van der Waals surface area contributed by atoms with Gasteiger partial charge in [-0.3, -0.25) is 4.79 Å². The van der Waals surface area contributed by atoms with E-state index in [9.17, 15) is 23.1 Å². The van der Waals surface area contributed by atoms with Crippen LogP contribution in [0.2, 0.25) is 0 Å². The van der Waals surface area contributed by atoms with Crippen LogP contribution in [0, 0.1) is 0 Å². The van der Waals surface area contributed by atoms with Crippen LogP contribution >= 0.6 is 0 Å². The zero-order valence-corrected chi connectivity index (χ0v) is 14.0. The predicted molar refractivity (Wildman–Crippen MR) is 82.8 cm³/mol. The summed E-state index contributed by atoms with van der Waals surface area (Å²) < 4.78 is 39.7. The third-order valence-electron chi connectivity index (χ3n) is 4.05. The lowest BCUT2D eigenvalue weighted by atomic mass is 10.0. The number of hydrogen-bond acceptors (Lipinski definition) is 3. The van der Waals surface area contributed by atoms with Crippen molar-refractivity contribution in [2.45, 2.75) is 90.0 Å². The van der Waals surface area contributed by atoms with Crippen LogP contribution in [-0.4, -0.2) is 33.6 Å². The topological polar surface area (TPSA) is 52.9 Å². The van der Waals surface area contributed by atoms with E-state index in [4.69, 9.17) is 0 Å². The van der Waals surface area contributed by atoms with E-state index in [1.165, 1.54) is 0 Å². The van der Waals surface area contributed by atoms with Gasteiger partial charge in [0.15, 0.2) is 0 Å². The maximum atomic E-state index is 13.2. The van der Waals surface area contributed by atoms with Gasteiger partial charge in [0.25, 0.3) is 5.72 Å². The normalized spacial score (nSPS) is 21.7. The standard InChI is InChI=1S/C16H27F3N2O2/c1-3-5-7-8-9-11-14(22)21-15(23,16(17,18)19)12-13(20-21)10-6-4-2/h23H,3-12H2,1-2H3/t15-/m0/s1. The van der Waals surface area contributed by atoms with Crippen molar-refractivity contribution in [2.75, 3.05) is 0 Å². The van der Waals surface area contributed by atoms with Crippen LogP contribution in [0.5, 0.6) is 0 Å². The lowest BCUT2D eigenvalue weighted by molar-refractivity contribution is -0.302. The van der Waals surface area contributed by atoms with Gasteiger partial charge in [-0.1, -0.05) is 46.0 Å². The van der Waals surface area contributed by atoms with Crippen molar-refractivity contribution in [3.63, 3.8) is 0 Å². The molecule has 0 aromatic carbocycles. The molecule has 0 radical (unpaired) electrons. The Kier molecular flexibility index (Phi) is 7.51. The second-order valence-electron chi connectivity index (χ2n) is 6.13. The number of rotatable bonds is 9. The first-order chi connectivity index (χ1) is 10.8. The molecule has 1 aliphatic rings. The highest BCUT2D eigenvalue weighted by Gasteiger charge is 2.62. The number of halogens is 3. The summed E-state index contributed by atoms with van der Waals surface area (Å²) in [5, 5.41) is 14.1. The Hall–Kier alpha value is -1.11. The second kappa shape index (κ2) is 8.66. The van der Waals surface area contributed by atoms with Gasteiger partial charge in [-0.15, -0.1) is 0 Å². The summed E-state index contributed by atoms with van der Waals surface area (Å²) in [5.41, 5.74) is -2.94. The van der Waals surface area contributed by atoms with Gasteiger partial charge >= 0.3 is 6.18 Å². The lowest BCUT2D eigenvalue weighted by Gasteiger charge is -2.32. The van der Waals surface area contributed by atoms with E-state index in [0.29, 0.717) is 19.3 Å². The van der Waals surface area contributed by atoms with Gasteiger partial charge < -0.3 is 5.11 Å². The first-order valence-corrected chi connectivity index (χ1v) is 8.44. The first-order valence-electron chi connectivity index (χ1n) is 8.44. The summed E-state index contributed by atoms with van der Waals surface area (Å²) in [7, 11) is 0. The molecular weight excluding hydrogens is 309 g/mol. The molecule has 0 fully saturated rings. The van der Waals surface area contributed by atoms with Crippen molar-refractivity contribution in [3.8, 4) is 0 Å². The molecule has 0 saturated carbocycles. The van der Waals surface area contributed by atoms with Crippen molar-refractivity contribution >= 4 is 11.6 Å². The van der Waals surface area contributed by atoms with E-state index in [0.717, 1.165) is 32.1 Å². The number of amides is 1. The lowest BCUT2D eigenvalue weighted by Crippen LogP contribution is -2.56. The van der Waals surface area contributed by atoms with Crippen LogP contribution in [0.25, 0.3) is 0 Å². The third-order valence-corrected chi connectivity index (χ3v) is 4.05. The number of aliphatic hydroxyl groups is 1. The Labute approximate surface area is 135 Å². The summed E-state index contributed by atoms with van der Waals surface area (Å²) in [6, 6.07) is 0. The molecule has 23 heavy (non-hydrogen) atoms. The van der Waals surface area contributed by atoms with E-state index in [1.54, 1.807) is 0 Å². The molecule has 0 aromatic heterocycles. The van der Waals surface area contributed by atoms with Crippen LogP contribution in [0.3, 0.4) is 0 Å². The number of unbranched alkanes of at least 4 members (excludes halogenated alkanes) is 5. The molecule has 1 heterocycles. The number of carbonyl (C=O) groups excluding carboxylic acids is 1. The fraction of sp³-hybridized carbons (Fsp3) is 0.875. The molecule has 0 aromatic rings. The van der Waals surface area contributed by atoms with E-state index in [2.05, 4.69) is 12.0 Å². The molecule has 0 saturated heterocycles. The van der Waals surface area contributed by atoms with Gasteiger partial charge in [0.2, 0.25) is 5.91 Å². The monoisotopic (exact) mass is 336 g/mol. The third kappa shape index (κ3) is 5.19. The van der Waals surface area contributed by atoms with Crippen molar-refractivity contribution in [1.82, 2.24) is 5.01 Å². The molecule has 0 unspecified atom stereocenters. The fourth-order valence-corrected chi connectivity index (χ4v) is 2.61. The van der Waals surface area contributed by atoms with Gasteiger partial charge in [0.05, 0.1) is 0 Å². The maximum absolute atomic E-state index is 13.2. The predicted octanol–water partition coefficient (Wildman–Crippen LogP) is 4.38. The molecule has 1 amide bonds. The smallest absolute Gasteiger partial charge is 0.362 e. The number of hydrazone groups is 1. The van der Waals surface area contributed by atoms with Crippen LogP contribution in [0.15, 0.2) is 5.10 Å². The van der Waals surface area contributed by atoms with Gasteiger partial charge in [0, 0.05) is 18.6 Å². The maximum Gasteiger partial charge on any atom is 0.438 e. The minimum Gasteiger partial charge on any atom is -0.362 e. The number of nitrogens with zero attached hydrogens (tertiary/aromatic N) is 2. The SMILES string of the molecule is CCCCCCCC(=O)N1N=C(CCCC)C[C@]1(O)C(F)(F)F. The fourth-order valence-electron chi connectivity index (χ4n) is 2.61. The van der Waals surface area contributed by atoms with Crippen molar-refractivity contribution in [2.24, 2.45) is 5.10 Å². The largest absolute Gasteiger partial charge is 0.438 e. The molecule has 4 nitrogen and oxygen atoms in total. The Morgan fingerprint density at radius 2 is 1.78 bits per heavy atom. The summed E-state index contributed by atoms with van der Waals surface area (Å²) >= 11 is 0. The van der Waals surface area contributed by atoms with Crippen molar-refractivity contribution < 1.29 is 23.1 Å². The molecule has 0 aliphatic carbocycles. The van der Waals surface area contributed by atoms with E-state index >= 15 is 0 Å². The van der Waals surface area contributed by atoms with Crippen LogP contribution in [-0.2, 0) is 4.79 Å². The summed E-state index contributed by atoms with van der Waals surface area (Å²) in [5.74, 6) is -0.757. The Bertz CT molecular complexity index is 424. The van der Waals surface area contributed by atoms with Gasteiger partial charge in [-0.2, -0.15) is 23.3 Å². The second-order valence-corrected chi connectivity index (χ2v) is 6.13. The molecule has 1 N–H and O–H groups in total. The zero-order valence-electron chi connectivity index (χ0n) is 14.0. The minimum atomic E-state index is -4.91. The van der Waals surface area contributed by atoms with Crippen LogP contribution in [0.4, 0.5) is 13.2 Å². The highest BCUT2D eigenvalue weighted by Crippen LogP contribution is 2.41. The molecule has 1 rings (SSSR count). The van der Waals surface area contributed by atoms with E-state index in [1.807, 2.05) is 6.92 Å². The molecule has 0 spiro atoms. The summed E-state index contributed by atoms with van der Waals surface area (Å²) in [4.78, 5) is 12.1. The van der Waals surface area contributed by atoms with Gasteiger partial charge in [-0.05, 0) is 19.3 Å². The zero-order chi connectivity index (χ0) is 17.5. The van der Waals surface area contributed by atoms with Gasteiger partial charge in [0.1, 0.15) is 0 Å². The average Bonchev–Trinajstić information content (AvgIpc) is 2.83. The molecular formula is C16H27F3N2O2. The molecule has 134 valence electrons. The summed E-state index contributed by atoms with van der Waals surface area (Å²) in [6.45, 7) is 3.98. The quantitative estimate of drug-likeness (QED) is 0.635. The highest BCUT2D eigenvalue weighted by molar-refractivity contribution is 5.90. The molecule has 0 bridgehead atoms. The minimum absolute atomic E-state index is 0.0212. The van der Waals surface area contributed by atoms with Crippen molar-refractivity contribution in [1.29, 1.82) is 0 Å². The highest BCUT2D eigenvalue weighted by atomic mass is 19.4. The van der Waals surface area contributed by atoms with Crippen LogP contribution in [0.1, 0.15) is 78.1 Å². The Morgan fingerprint density at radius 1 is 1.17 bits per heavy atom. The number of alkyl halides is 3. The average molecular weight is 336 g/mol. The van der Waals surface area contributed by atoms with E-state index < -0.39 is 24.2 Å². The van der Waals surface area contributed by atoms with E-state index in [-0.39, 0.29) is 17.1 Å². The first kappa shape index (κ1) is 19.9. The molecule has 1 atom stereocenters. The van der Waals surface area contributed by atoms with Gasteiger partial charge in [-0.25, -0.2) is 0 Å².